The van der Waals surface area contributed by atoms with Gasteiger partial charge in [0.25, 0.3) is 0 Å². The van der Waals surface area contributed by atoms with Gasteiger partial charge in [0.2, 0.25) is 0 Å². The Kier molecular flexibility index (Phi) is 7.22. The lowest BCUT2D eigenvalue weighted by Gasteiger charge is -2.39. The van der Waals surface area contributed by atoms with Gasteiger partial charge in [0.05, 0.1) is 12.1 Å². The molecule has 0 aliphatic heterocycles. The average molecular weight is 548 g/mol. The lowest BCUT2D eigenvalue weighted by atomic mass is 9.90. The molecule has 1 amide bonds. The minimum Gasteiger partial charge on any atom is -0.444 e. The molecule has 10 heteroatoms. The van der Waals surface area contributed by atoms with Gasteiger partial charge >= 0.3 is 21.7 Å². The number of halogens is 3. The zero-order chi connectivity index (χ0) is 27.9. The summed E-state index contributed by atoms with van der Waals surface area (Å²) in [6, 6.07) is 18.2. The van der Waals surface area contributed by atoms with Crippen molar-refractivity contribution in [1.29, 1.82) is 0 Å². The third-order valence-corrected chi connectivity index (χ3v) is 7.16. The summed E-state index contributed by atoms with van der Waals surface area (Å²) in [4.78, 5) is 15.0. The maximum Gasteiger partial charge on any atom is 0.534 e. The first-order valence-corrected chi connectivity index (χ1v) is 13.4. The number of carbonyl (C=O) groups excluding carboxylic acids is 1. The summed E-state index contributed by atoms with van der Waals surface area (Å²) in [5.74, 6) is -0.493. The van der Waals surface area contributed by atoms with Crippen molar-refractivity contribution >= 4 is 32.7 Å². The Morgan fingerprint density at radius 3 is 2.29 bits per heavy atom. The Morgan fingerprint density at radius 2 is 1.61 bits per heavy atom. The van der Waals surface area contributed by atoms with Crippen LogP contribution in [0.4, 0.5) is 18.0 Å². The van der Waals surface area contributed by atoms with E-state index in [1.807, 2.05) is 42.5 Å². The fourth-order valence-corrected chi connectivity index (χ4v) is 5.04. The second kappa shape index (κ2) is 9.98. The minimum absolute atomic E-state index is 0.207. The summed E-state index contributed by atoms with van der Waals surface area (Å²) >= 11 is 0. The number of fused-ring (bicyclic) bond motifs is 2. The summed E-state index contributed by atoms with van der Waals surface area (Å²) in [7, 11) is -5.94. The van der Waals surface area contributed by atoms with E-state index in [1.165, 1.54) is 17.0 Å². The molecule has 3 aromatic rings. The van der Waals surface area contributed by atoms with Crippen LogP contribution in [0.2, 0.25) is 0 Å². The number of benzene rings is 3. The average Bonchev–Trinajstić information content (AvgIpc) is 2.81. The van der Waals surface area contributed by atoms with Crippen LogP contribution in [-0.4, -0.2) is 36.6 Å². The quantitative estimate of drug-likeness (QED) is 0.255. The molecule has 4 rings (SSSR count). The zero-order valence-electron chi connectivity index (χ0n) is 21.3. The third-order valence-electron chi connectivity index (χ3n) is 6.19. The number of hydrogen-bond acceptors (Lipinski definition) is 5. The number of alkyl halides is 3. The number of ether oxygens (including phenoxy) is 1. The van der Waals surface area contributed by atoms with Crippen LogP contribution in [0.25, 0.3) is 16.5 Å². The van der Waals surface area contributed by atoms with E-state index in [4.69, 9.17) is 4.74 Å². The van der Waals surface area contributed by atoms with Crippen molar-refractivity contribution in [3.8, 4) is 0 Å². The lowest BCUT2D eigenvalue weighted by Crippen LogP contribution is -2.46. The highest BCUT2D eigenvalue weighted by Crippen LogP contribution is 2.38. The van der Waals surface area contributed by atoms with E-state index in [-0.39, 0.29) is 12.0 Å². The van der Waals surface area contributed by atoms with Crippen molar-refractivity contribution in [2.45, 2.75) is 57.3 Å². The monoisotopic (exact) mass is 547 g/mol. The lowest BCUT2D eigenvalue weighted by molar-refractivity contribution is -0.0510. The fraction of sp³-hybridized carbons (Fsp3) is 0.321. The van der Waals surface area contributed by atoms with Crippen LogP contribution in [0.3, 0.4) is 0 Å². The van der Waals surface area contributed by atoms with Crippen LogP contribution in [0.1, 0.15) is 50.4 Å². The van der Waals surface area contributed by atoms with Crippen molar-refractivity contribution in [2.75, 3.05) is 0 Å². The van der Waals surface area contributed by atoms with Crippen molar-refractivity contribution in [1.82, 2.24) is 4.90 Å². The topological polar surface area (TPSA) is 72.9 Å². The molecule has 0 heterocycles. The highest BCUT2D eigenvalue weighted by Gasteiger charge is 2.49. The normalized spacial score (nSPS) is 16.8. The van der Waals surface area contributed by atoms with Gasteiger partial charge in [0.15, 0.2) is 0 Å². The molecular formula is C28H28F3NO5S. The van der Waals surface area contributed by atoms with Gasteiger partial charge in [-0.3, -0.25) is 4.90 Å². The Bertz CT molecular complexity index is 1490. The van der Waals surface area contributed by atoms with Crippen LogP contribution < -0.4 is 0 Å². The SMILES string of the molecule is C[C@H](c1cccc2ccccc12)N(C(=O)OC(C)(C)C)C1C=C(OS(=O)(=O)C(F)(F)F)c2ccccc2C1. The molecule has 1 aliphatic carbocycles. The van der Waals surface area contributed by atoms with Crippen LogP contribution in [-0.2, 0) is 25.5 Å². The number of rotatable bonds is 5. The second-order valence-corrected chi connectivity index (χ2v) is 11.6. The van der Waals surface area contributed by atoms with E-state index in [0.717, 1.165) is 16.3 Å². The van der Waals surface area contributed by atoms with Crippen molar-refractivity contribution < 1.29 is 35.3 Å². The fourth-order valence-electron chi connectivity index (χ4n) is 4.56. The molecule has 0 bridgehead atoms. The van der Waals surface area contributed by atoms with Crippen molar-refractivity contribution in [2.24, 2.45) is 0 Å². The molecule has 2 atom stereocenters. The van der Waals surface area contributed by atoms with Gasteiger partial charge in [-0.2, -0.15) is 21.6 Å². The van der Waals surface area contributed by atoms with Gasteiger partial charge in [0.1, 0.15) is 11.4 Å². The van der Waals surface area contributed by atoms with E-state index in [0.29, 0.717) is 5.56 Å². The first kappa shape index (κ1) is 27.5. The number of nitrogens with zero attached hydrogens (tertiary/aromatic N) is 1. The summed E-state index contributed by atoms with van der Waals surface area (Å²) in [6.45, 7) is 6.93. The Balaban J connectivity index is 1.85. The van der Waals surface area contributed by atoms with Crippen molar-refractivity contribution in [3.05, 3.63) is 89.5 Å². The molecule has 0 aromatic heterocycles. The predicted molar refractivity (Wildman–Crippen MR) is 138 cm³/mol. The summed E-state index contributed by atoms with van der Waals surface area (Å²) in [6.07, 6.45) is 0.761. The molecule has 0 saturated carbocycles. The summed E-state index contributed by atoms with van der Waals surface area (Å²) in [5, 5.41) is 1.85. The van der Waals surface area contributed by atoms with Crippen molar-refractivity contribution in [3.63, 3.8) is 0 Å². The van der Waals surface area contributed by atoms with E-state index in [9.17, 15) is 26.4 Å². The van der Waals surface area contributed by atoms with Gasteiger partial charge < -0.3 is 8.92 Å². The molecule has 0 saturated heterocycles. The molecule has 0 radical (unpaired) electrons. The highest BCUT2D eigenvalue weighted by atomic mass is 32.2. The molecular weight excluding hydrogens is 519 g/mol. The molecule has 0 N–H and O–H groups in total. The van der Waals surface area contributed by atoms with Crippen LogP contribution in [0, 0.1) is 0 Å². The van der Waals surface area contributed by atoms with Crippen LogP contribution in [0.15, 0.2) is 72.8 Å². The first-order valence-electron chi connectivity index (χ1n) is 12.0. The molecule has 1 unspecified atom stereocenters. The van der Waals surface area contributed by atoms with E-state index < -0.39 is 45.2 Å². The summed E-state index contributed by atoms with van der Waals surface area (Å²) < 4.78 is 73.8. The number of carbonyl (C=O) groups is 1. The van der Waals surface area contributed by atoms with Gasteiger partial charge in [-0.1, -0.05) is 66.7 Å². The highest BCUT2D eigenvalue weighted by molar-refractivity contribution is 7.87. The van der Waals surface area contributed by atoms with Gasteiger partial charge in [-0.25, -0.2) is 4.79 Å². The third kappa shape index (κ3) is 5.65. The molecule has 38 heavy (non-hydrogen) atoms. The Morgan fingerprint density at radius 1 is 0.974 bits per heavy atom. The van der Waals surface area contributed by atoms with Crippen LogP contribution >= 0.6 is 0 Å². The zero-order valence-corrected chi connectivity index (χ0v) is 22.1. The summed E-state index contributed by atoms with van der Waals surface area (Å²) in [5.41, 5.74) is -4.93. The standard InChI is InChI=1S/C28H28F3NO5S/c1-18(22-15-9-12-19-10-5-7-13-23(19)22)32(26(33)36-27(2,3)4)21-16-20-11-6-8-14-24(20)25(17-21)37-38(34,35)28(29,30)31/h5-15,17-18,21H,16H2,1-4H3/t18-,21?/m1/s1. The largest absolute Gasteiger partial charge is 0.534 e. The van der Waals surface area contributed by atoms with E-state index >= 15 is 0 Å². The number of hydrogen-bond donors (Lipinski definition) is 0. The molecule has 1 aliphatic rings. The van der Waals surface area contributed by atoms with Gasteiger partial charge in [-0.05, 0) is 62.1 Å². The van der Waals surface area contributed by atoms with E-state index in [1.54, 1.807) is 45.9 Å². The molecule has 6 nitrogen and oxygen atoms in total. The Labute approximate surface area is 219 Å². The smallest absolute Gasteiger partial charge is 0.444 e. The van der Waals surface area contributed by atoms with Crippen LogP contribution in [0.5, 0.6) is 0 Å². The maximum atomic E-state index is 13.6. The van der Waals surface area contributed by atoms with Gasteiger partial charge in [0, 0.05) is 5.56 Å². The predicted octanol–water partition coefficient (Wildman–Crippen LogP) is 6.97. The minimum atomic E-state index is -5.94. The second-order valence-electron chi connectivity index (χ2n) is 10.1. The molecule has 0 spiro atoms. The molecule has 3 aromatic carbocycles. The van der Waals surface area contributed by atoms with E-state index in [2.05, 4.69) is 4.18 Å². The first-order chi connectivity index (χ1) is 17.7. The molecule has 0 fully saturated rings. The van der Waals surface area contributed by atoms with Gasteiger partial charge in [-0.15, -0.1) is 0 Å². The Hall–Kier alpha value is -3.53. The maximum absolute atomic E-state index is 13.6. The number of amides is 1. The molecule has 202 valence electrons.